The smallest absolute Gasteiger partial charge is 0.278 e. The Morgan fingerprint density at radius 2 is 2.08 bits per heavy atom. The van der Waals surface area contributed by atoms with Gasteiger partial charge in [-0.05, 0) is 46.3 Å². The highest BCUT2D eigenvalue weighted by Gasteiger charge is 2.16. The van der Waals surface area contributed by atoms with E-state index >= 15 is 0 Å². The fourth-order valence-electron chi connectivity index (χ4n) is 1.95. The Bertz CT molecular complexity index is 934. The highest BCUT2D eigenvalue weighted by molar-refractivity contribution is 9.10. The minimum absolute atomic E-state index is 0.268. The Hall–Kier alpha value is -2.76. The number of amides is 1. The molecule has 0 aliphatic carbocycles. The Morgan fingerprint density at radius 1 is 1.25 bits per heavy atom. The van der Waals surface area contributed by atoms with Gasteiger partial charge in [-0.2, -0.15) is 5.26 Å². The predicted molar refractivity (Wildman–Crippen MR) is 96.4 cm³/mol. The van der Waals surface area contributed by atoms with Crippen LogP contribution in [-0.2, 0) is 0 Å². The molecule has 0 fully saturated rings. The maximum absolute atomic E-state index is 12.4. The van der Waals surface area contributed by atoms with Crippen LogP contribution >= 0.6 is 27.3 Å². The molecule has 2 aromatic heterocycles. The molecule has 2 heterocycles. The lowest BCUT2D eigenvalue weighted by molar-refractivity contribution is 0.102. The second-order valence-electron chi connectivity index (χ2n) is 4.65. The van der Waals surface area contributed by atoms with Crippen LogP contribution in [0, 0.1) is 11.3 Å². The van der Waals surface area contributed by atoms with Gasteiger partial charge < -0.3 is 10.6 Å². The lowest BCUT2D eigenvalue weighted by atomic mass is 10.2. The molecule has 1 amide bonds. The van der Waals surface area contributed by atoms with E-state index in [9.17, 15) is 4.79 Å². The van der Waals surface area contributed by atoms with E-state index in [0.29, 0.717) is 26.7 Å². The summed E-state index contributed by atoms with van der Waals surface area (Å²) in [6.07, 6.45) is 0. The zero-order valence-corrected chi connectivity index (χ0v) is 14.6. The minimum atomic E-state index is -0.360. The molecular formula is C16H10BrN5OS. The van der Waals surface area contributed by atoms with E-state index in [4.69, 9.17) is 5.26 Å². The summed E-state index contributed by atoms with van der Waals surface area (Å²) in [4.78, 5) is 20.7. The number of pyridine rings is 1. The van der Waals surface area contributed by atoms with Crippen LogP contribution in [0.2, 0.25) is 0 Å². The molecule has 24 heavy (non-hydrogen) atoms. The number of nitrogens with zero attached hydrogens (tertiary/aromatic N) is 3. The molecule has 8 heteroatoms. The molecule has 0 atom stereocenters. The minimum Gasteiger partial charge on any atom is -0.345 e. The highest BCUT2D eigenvalue weighted by Crippen LogP contribution is 2.26. The molecule has 0 saturated heterocycles. The van der Waals surface area contributed by atoms with Gasteiger partial charge in [0.2, 0.25) is 0 Å². The van der Waals surface area contributed by atoms with Crippen molar-refractivity contribution >= 4 is 49.7 Å². The normalized spacial score (nSPS) is 10.0. The molecule has 0 aliphatic rings. The summed E-state index contributed by atoms with van der Waals surface area (Å²) < 4.78 is 0.630. The highest BCUT2D eigenvalue weighted by atomic mass is 79.9. The molecule has 0 saturated carbocycles. The monoisotopic (exact) mass is 399 g/mol. The van der Waals surface area contributed by atoms with Crippen molar-refractivity contribution in [1.29, 1.82) is 5.26 Å². The Balaban J connectivity index is 1.79. The number of hydrogen-bond donors (Lipinski definition) is 2. The van der Waals surface area contributed by atoms with Gasteiger partial charge in [0.05, 0.1) is 17.1 Å². The molecule has 0 unspecified atom stereocenters. The second kappa shape index (κ2) is 7.21. The summed E-state index contributed by atoms with van der Waals surface area (Å²) in [5.41, 5.74) is 3.10. The first-order chi connectivity index (χ1) is 11.7. The number of thiazole rings is 1. The average Bonchev–Trinajstić information content (AvgIpc) is 3.03. The zero-order chi connectivity index (χ0) is 16.9. The van der Waals surface area contributed by atoms with Crippen molar-refractivity contribution < 1.29 is 4.79 Å². The predicted octanol–water partition coefficient (Wildman–Crippen LogP) is 4.17. The molecule has 1 aromatic carbocycles. The van der Waals surface area contributed by atoms with E-state index < -0.39 is 0 Å². The van der Waals surface area contributed by atoms with Crippen LogP contribution in [0.15, 0.2) is 52.6 Å². The van der Waals surface area contributed by atoms with Gasteiger partial charge in [-0.25, -0.2) is 9.97 Å². The van der Waals surface area contributed by atoms with Crippen LogP contribution in [0.3, 0.4) is 0 Å². The van der Waals surface area contributed by atoms with Crippen molar-refractivity contribution in [3.63, 3.8) is 0 Å². The number of nitrogens with one attached hydrogen (secondary N) is 2. The Labute approximate surface area is 150 Å². The number of nitriles is 1. The van der Waals surface area contributed by atoms with E-state index in [2.05, 4.69) is 42.6 Å². The third kappa shape index (κ3) is 3.76. The summed E-state index contributed by atoms with van der Waals surface area (Å²) in [6, 6.07) is 14.3. The lowest BCUT2D eigenvalue weighted by Crippen LogP contribution is -2.14. The Kier molecular flexibility index (Phi) is 4.84. The number of halogens is 1. The van der Waals surface area contributed by atoms with Crippen LogP contribution in [0.4, 0.5) is 16.5 Å². The zero-order valence-electron chi connectivity index (χ0n) is 12.2. The van der Waals surface area contributed by atoms with Gasteiger partial charge in [-0.3, -0.25) is 4.79 Å². The van der Waals surface area contributed by atoms with Crippen LogP contribution in [0.5, 0.6) is 0 Å². The number of benzene rings is 1. The SMILES string of the molecule is N#Cc1cccc(Nc2scnc2C(=O)Nc2cccc(Br)n2)c1. The second-order valence-corrected chi connectivity index (χ2v) is 6.31. The van der Waals surface area contributed by atoms with E-state index in [1.165, 1.54) is 11.3 Å². The van der Waals surface area contributed by atoms with Crippen molar-refractivity contribution in [2.24, 2.45) is 0 Å². The van der Waals surface area contributed by atoms with E-state index in [-0.39, 0.29) is 11.6 Å². The fourth-order valence-corrected chi connectivity index (χ4v) is 2.99. The summed E-state index contributed by atoms with van der Waals surface area (Å²) in [7, 11) is 0. The van der Waals surface area contributed by atoms with Crippen molar-refractivity contribution in [2.45, 2.75) is 0 Å². The van der Waals surface area contributed by atoms with Crippen LogP contribution in [0.1, 0.15) is 16.1 Å². The van der Waals surface area contributed by atoms with Crippen LogP contribution in [0.25, 0.3) is 0 Å². The van der Waals surface area contributed by atoms with Gasteiger partial charge >= 0.3 is 0 Å². The number of rotatable bonds is 4. The van der Waals surface area contributed by atoms with E-state index in [0.717, 1.165) is 0 Å². The molecular weight excluding hydrogens is 390 g/mol. The van der Waals surface area contributed by atoms with Crippen molar-refractivity contribution in [1.82, 2.24) is 9.97 Å². The third-order valence-electron chi connectivity index (χ3n) is 2.99. The molecule has 3 aromatic rings. The molecule has 0 bridgehead atoms. The molecule has 3 rings (SSSR count). The molecule has 0 spiro atoms. The number of hydrogen-bond acceptors (Lipinski definition) is 6. The molecule has 2 N–H and O–H groups in total. The first kappa shape index (κ1) is 16.1. The molecule has 0 aliphatic heterocycles. The number of anilines is 3. The maximum Gasteiger partial charge on any atom is 0.278 e. The summed E-state index contributed by atoms with van der Waals surface area (Å²) in [6.45, 7) is 0. The quantitative estimate of drug-likeness (QED) is 0.642. The van der Waals surface area contributed by atoms with Crippen molar-refractivity contribution in [3.05, 3.63) is 63.8 Å². The third-order valence-corrected chi connectivity index (χ3v) is 4.17. The van der Waals surface area contributed by atoms with Crippen molar-refractivity contribution in [3.8, 4) is 6.07 Å². The van der Waals surface area contributed by atoms with Gasteiger partial charge in [-0.1, -0.05) is 12.1 Å². The van der Waals surface area contributed by atoms with Crippen molar-refractivity contribution in [2.75, 3.05) is 10.6 Å². The first-order valence-corrected chi connectivity index (χ1v) is 8.47. The van der Waals surface area contributed by atoms with E-state index in [1.54, 1.807) is 41.9 Å². The van der Waals surface area contributed by atoms with Gasteiger partial charge in [0.15, 0.2) is 5.69 Å². The topological polar surface area (TPSA) is 90.7 Å². The number of carbonyl (C=O) groups excluding carboxylic acids is 1. The van der Waals surface area contributed by atoms with Gasteiger partial charge in [0, 0.05) is 5.69 Å². The molecule has 118 valence electrons. The van der Waals surface area contributed by atoms with Gasteiger partial charge in [-0.15, -0.1) is 11.3 Å². The van der Waals surface area contributed by atoms with E-state index in [1.807, 2.05) is 6.07 Å². The lowest BCUT2D eigenvalue weighted by Gasteiger charge is -2.07. The van der Waals surface area contributed by atoms with Gasteiger partial charge in [0.1, 0.15) is 15.4 Å². The first-order valence-electron chi connectivity index (χ1n) is 6.80. The van der Waals surface area contributed by atoms with Gasteiger partial charge in [0.25, 0.3) is 5.91 Å². The molecule has 6 nitrogen and oxygen atoms in total. The summed E-state index contributed by atoms with van der Waals surface area (Å²) in [5.74, 6) is 0.0700. The van der Waals surface area contributed by atoms with Crippen LogP contribution < -0.4 is 10.6 Å². The molecule has 0 radical (unpaired) electrons. The summed E-state index contributed by atoms with van der Waals surface area (Å²) in [5, 5.41) is 15.4. The maximum atomic E-state index is 12.4. The number of carbonyl (C=O) groups is 1. The standard InChI is InChI=1S/C16H10BrN5OS/c17-12-5-2-6-13(21-12)22-15(23)14-16(24-9-19-14)20-11-4-1-3-10(7-11)8-18/h1-7,9,20H,(H,21,22,23). The fraction of sp³-hybridized carbons (Fsp3) is 0. The summed E-state index contributed by atoms with van der Waals surface area (Å²) >= 11 is 4.56. The Morgan fingerprint density at radius 3 is 2.88 bits per heavy atom. The average molecular weight is 400 g/mol. The largest absolute Gasteiger partial charge is 0.345 e. The number of aromatic nitrogens is 2. The van der Waals surface area contributed by atoms with Crippen LogP contribution in [-0.4, -0.2) is 15.9 Å².